The predicted octanol–water partition coefficient (Wildman–Crippen LogP) is 2.26. The summed E-state index contributed by atoms with van der Waals surface area (Å²) in [5, 5.41) is 0. The van der Waals surface area contributed by atoms with Gasteiger partial charge in [0.2, 0.25) is 5.91 Å². The molecule has 18 heavy (non-hydrogen) atoms. The molecule has 1 unspecified atom stereocenters. The molecular formula is C12H14ClNO3S. The lowest BCUT2D eigenvalue weighted by atomic mass is 9.83. The van der Waals surface area contributed by atoms with Gasteiger partial charge in [0.25, 0.3) is 0 Å². The van der Waals surface area contributed by atoms with Crippen molar-refractivity contribution in [2.24, 2.45) is 0 Å². The smallest absolute Gasteiger partial charge is 0.274 e. The average Bonchev–Trinajstić information content (AvgIpc) is 2.49. The van der Waals surface area contributed by atoms with Crippen LogP contribution in [0.1, 0.15) is 31.7 Å². The lowest BCUT2D eigenvalue weighted by molar-refractivity contribution is -0.125. The highest BCUT2D eigenvalue weighted by molar-refractivity contribution is 8.12. The zero-order valence-electron chi connectivity index (χ0n) is 10.1. The minimum Gasteiger partial charge on any atom is -0.274 e. The molecule has 1 aliphatic heterocycles. The van der Waals surface area contributed by atoms with E-state index in [2.05, 4.69) is 0 Å². The minimum absolute atomic E-state index is 0.156. The Bertz CT molecular complexity index is 568. The number of hydrogen-bond acceptors (Lipinski definition) is 3. The van der Waals surface area contributed by atoms with Crippen molar-refractivity contribution in [2.75, 3.05) is 0 Å². The van der Waals surface area contributed by atoms with Crippen molar-refractivity contribution >= 4 is 25.8 Å². The van der Waals surface area contributed by atoms with Gasteiger partial charge in [-0.15, -0.1) is 0 Å². The third-order valence-electron chi connectivity index (χ3n) is 3.40. The molecule has 0 aromatic heterocycles. The Morgan fingerprint density at radius 2 is 1.83 bits per heavy atom. The van der Waals surface area contributed by atoms with Crippen LogP contribution in [-0.2, 0) is 14.0 Å². The summed E-state index contributed by atoms with van der Waals surface area (Å²) in [5.74, 6) is -0.636. The van der Waals surface area contributed by atoms with Crippen LogP contribution in [0.5, 0.6) is 0 Å². The first kappa shape index (κ1) is 13.4. The first-order valence-corrected chi connectivity index (χ1v) is 7.84. The zero-order chi connectivity index (χ0) is 13.6. The van der Waals surface area contributed by atoms with Crippen LogP contribution in [0.2, 0.25) is 0 Å². The number of amides is 1. The Morgan fingerprint density at radius 1 is 1.28 bits per heavy atom. The molecule has 1 amide bonds. The molecule has 0 saturated carbocycles. The molecule has 6 heteroatoms. The second-order valence-corrected chi connectivity index (χ2v) is 7.28. The summed E-state index contributed by atoms with van der Waals surface area (Å²) in [4.78, 5) is 11.9. The van der Waals surface area contributed by atoms with Crippen molar-refractivity contribution in [3.05, 3.63) is 35.9 Å². The lowest BCUT2D eigenvalue weighted by Gasteiger charge is -2.33. The van der Waals surface area contributed by atoms with E-state index in [9.17, 15) is 13.2 Å². The van der Waals surface area contributed by atoms with Gasteiger partial charge in [0.05, 0.1) is 5.54 Å². The van der Waals surface area contributed by atoms with E-state index in [1.165, 1.54) is 0 Å². The number of halogens is 1. The first-order valence-electron chi connectivity index (χ1n) is 5.57. The highest BCUT2D eigenvalue weighted by Crippen LogP contribution is 2.44. The van der Waals surface area contributed by atoms with Crippen molar-refractivity contribution in [3.63, 3.8) is 0 Å². The largest absolute Gasteiger partial charge is 0.324 e. The molecule has 98 valence electrons. The van der Waals surface area contributed by atoms with Crippen LogP contribution in [-0.4, -0.2) is 24.2 Å². The fraction of sp³-hybridized carbons (Fsp3) is 0.417. The van der Waals surface area contributed by atoms with Crippen LogP contribution in [0.25, 0.3) is 0 Å². The van der Waals surface area contributed by atoms with Gasteiger partial charge in [-0.2, -0.15) is 8.42 Å². The normalized spacial score (nSPS) is 23.4. The minimum atomic E-state index is -4.04. The number of benzene rings is 1. The van der Waals surface area contributed by atoms with Crippen LogP contribution in [0.4, 0.5) is 0 Å². The Morgan fingerprint density at radius 3 is 2.28 bits per heavy atom. The van der Waals surface area contributed by atoms with E-state index in [1.807, 2.05) is 30.3 Å². The van der Waals surface area contributed by atoms with Crippen LogP contribution in [0.3, 0.4) is 0 Å². The third-order valence-corrected chi connectivity index (χ3v) is 4.93. The fourth-order valence-electron chi connectivity index (χ4n) is 2.58. The van der Waals surface area contributed by atoms with Gasteiger partial charge < -0.3 is 0 Å². The first-order chi connectivity index (χ1) is 8.24. The second kappa shape index (κ2) is 4.24. The van der Waals surface area contributed by atoms with E-state index < -0.39 is 20.7 Å². The summed E-state index contributed by atoms with van der Waals surface area (Å²) in [7, 11) is 1.30. The molecule has 1 aromatic rings. The monoisotopic (exact) mass is 287 g/mol. The number of rotatable bonds is 2. The molecule has 1 atom stereocenters. The molecule has 1 saturated heterocycles. The van der Waals surface area contributed by atoms with E-state index in [1.54, 1.807) is 13.8 Å². The van der Waals surface area contributed by atoms with E-state index in [4.69, 9.17) is 10.7 Å². The SMILES string of the molecule is CC1(C)C(c2ccccc2)CC(=O)N1S(=O)(=O)Cl. The Labute approximate surface area is 111 Å². The molecule has 1 aliphatic rings. The van der Waals surface area contributed by atoms with Crippen LogP contribution >= 0.6 is 10.7 Å². The van der Waals surface area contributed by atoms with Gasteiger partial charge in [-0.3, -0.25) is 4.79 Å². The van der Waals surface area contributed by atoms with Gasteiger partial charge in [0.15, 0.2) is 0 Å². The molecule has 1 aromatic carbocycles. The topological polar surface area (TPSA) is 54.5 Å². The number of hydrogen-bond donors (Lipinski definition) is 0. The maximum absolute atomic E-state index is 11.9. The highest BCUT2D eigenvalue weighted by atomic mass is 35.7. The lowest BCUT2D eigenvalue weighted by Crippen LogP contribution is -2.45. The summed E-state index contributed by atoms with van der Waals surface area (Å²) >= 11 is 0. The number of nitrogens with zero attached hydrogens (tertiary/aromatic N) is 1. The molecule has 0 N–H and O–H groups in total. The number of carbonyl (C=O) groups excluding carboxylic acids is 1. The summed E-state index contributed by atoms with van der Waals surface area (Å²) < 4.78 is 23.8. The summed E-state index contributed by atoms with van der Waals surface area (Å²) in [6, 6.07) is 9.40. The second-order valence-electron chi connectivity index (χ2n) is 4.92. The van der Waals surface area contributed by atoms with Crippen LogP contribution in [0.15, 0.2) is 30.3 Å². The van der Waals surface area contributed by atoms with Gasteiger partial charge in [-0.1, -0.05) is 30.3 Å². The van der Waals surface area contributed by atoms with Gasteiger partial charge in [0.1, 0.15) is 0 Å². The maximum atomic E-state index is 11.9. The molecule has 0 bridgehead atoms. The molecule has 0 radical (unpaired) electrons. The van der Waals surface area contributed by atoms with E-state index in [-0.39, 0.29) is 12.3 Å². The van der Waals surface area contributed by atoms with Gasteiger partial charge in [0, 0.05) is 23.0 Å². The van der Waals surface area contributed by atoms with E-state index in [0.717, 1.165) is 9.87 Å². The molecule has 0 aliphatic carbocycles. The molecular weight excluding hydrogens is 274 g/mol. The van der Waals surface area contributed by atoms with E-state index >= 15 is 0 Å². The Kier molecular flexibility index (Phi) is 3.15. The number of carbonyl (C=O) groups is 1. The fourth-order valence-corrected chi connectivity index (χ4v) is 4.36. The molecule has 1 fully saturated rings. The van der Waals surface area contributed by atoms with E-state index in [0.29, 0.717) is 0 Å². The highest BCUT2D eigenvalue weighted by Gasteiger charge is 2.51. The van der Waals surface area contributed by atoms with Crippen molar-refractivity contribution in [1.29, 1.82) is 0 Å². The maximum Gasteiger partial charge on any atom is 0.324 e. The van der Waals surface area contributed by atoms with Crippen molar-refractivity contribution in [2.45, 2.75) is 31.7 Å². The van der Waals surface area contributed by atoms with Crippen molar-refractivity contribution in [3.8, 4) is 0 Å². The van der Waals surface area contributed by atoms with Crippen LogP contribution in [0, 0.1) is 0 Å². The van der Waals surface area contributed by atoms with Crippen LogP contribution < -0.4 is 0 Å². The van der Waals surface area contributed by atoms with Gasteiger partial charge in [-0.25, -0.2) is 4.31 Å². The molecule has 1 heterocycles. The summed E-state index contributed by atoms with van der Waals surface area (Å²) in [5.41, 5.74) is 0.0950. The van der Waals surface area contributed by atoms with Crippen molar-refractivity contribution < 1.29 is 13.2 Å². The van der Waals surface area contributed by atoms with Gasteiger partial charge >= 0.3 is 9.24 Å². The molecule has 4 nitrogen and oxygen atoms in total. The van der Waals surface area contributed by atoms with Crippen molar-refractivity contribution in [1.82, 2.24) is 4.31 Å². The van der Waals surface area contributed by atoms with Gasteiger partial charge in [-0.05, 0) is 19.4 Å². The Balaban J connectivity index is 2.47. The molecule has 0 spiro atoms. The standard InChI is InChI=1S/C12H14ClNO3S/c1-12(2)10(9-6-4-3-5-7-9)8-11(15)14(12)18(13,16)17/h3-7,10H,8H2,1-2H3. The quantitative estimate of drug-likeness (QED) is 0.784. The predicted molar refractivity (Wildman–Crippen MR) is 69.5 cm³/mol. The Hall–Kier alpha value is -1.07. The summed E-state index contributed by atoms with van der Waals surface area (Å²) in [6.07, 6.45) is 0.156. The average molecular weight is 288 g/mol. The molecule has 2 rings (SSSR count). The summed E-state index contributed by atoms with van der Waals surface area (Å²) in [6.45, 7) is 3.44. The third kappa shape index (κ3) is 2.12. The zero-order valence-corrected chi connectivity index (χ0v) is 11.7.